The van der Waals surface area contributed by atoms with Crippen LogP contribution in [0.15, 0.2) is 30.6 Å². The van der Waals surface area contributed by atoms with Gasteiger partial charge in [-0.05, 0) is 38.3 Å². The van der Waals surface area contributed by atoms with E-state index >= 15 is 0 Å². The fourth-order valence-corrected chi connectivity index (χ4v) is 4.67. The molecule has 0 radical (unpaired) electrons. The molecule has 0 saturated carbocycles. The first-order valence-corrected chi connectivity index (χ1v) is 11.2. The van der Waals surface area contributed by atoms with Gasteiger partial charge in [0.05, 0.1) is 36.7 Å². The van der Waals surface area contributed by atoms with Crippen LogP contribution in [0.4, 0.5) is 11.6 Å². The smallest absolute Gasteiger partial charge is 0.223 e. The van der Waals surface area contributed by atoms with Gasteiger partial charge >= 0.3 is 0 Å². The van der Waals surface area contributed by atoms with Crippen molar-refractivity contribution in [2.45, 2.75) is 45.3 Å². The van der Waals surface area contributed by atoms with E-state index in [1.807, 2.05) is 30.6 Å². The molecule has 1 saturated heterocycles. The van der Waals surface area contributed by atoms with Crippen molar-refractivity contribution in [3.05, 3.63) is 36.4 Å². The molecule has 3 N–H and O–H groups in total. The molecule has 0 aliphatic carbocycles. The zero-order valence-corrected chi connectivity index (χ0v) is 19.4. The Bertz CT molecular complexity index is 1310. The molecule has 3 aromatic heterocycles. The van der Waals surface area contributed by atoms with Crippen molar-refractivity contribution >= 4 is 28.2 Å². The van der Waals surface area contributed by atoms with Crippen LogP contribution in [0.2, 0.25) is 0 Å². The van der Waals surface area contributed by atoms with Crippen LogP contribution in [0, 0.1) is 5.92 Å². The number of hydrogen-bond donors (Lipinski definition) is 2. The summed E-state index contributed by atoms with van der Waals surface area (Å²) in [5.41, 5.74) is 7.88. The van der Waals surface area contributed by atoms with E-state index in [1.165, 1.54) is 0 Å². The Kier molecular flexibility index (Phi) is 5.12. The molecule has 1 aliphatic rings. The molecule has 5 rings (SSSR count). The Balaban J connectivity index is 1.46. The summed E-state index contributed by atoms with van der Waals surface area (Å²) in [6, 6.07) is 5.70. The summed E-state index contributed by atoms with van der Waals surface area (Å²) in [6.45, 7) is 7.97. The number of ether oxygens (including phenoxy) is 1. The van der Waals surface area contributed by atoms with Crippen LogP contribution < -0.4 is 15.4 Å². The molecule has 0 unspecified atom stereocenters. The van der Waals surface area contributed by atoms with Crippen molar-refractivity contribution in [1.29, 1.82) is 0 Å². The fraction of sp³-hybridized carbons (Fsp3) is 0.478. The third kappa shape index (κ3) is 4.18. The number of rotatable bonds is 5. The monoisotopic (exact) mass is 450 g/mol. The standard InChI is InChI=1S/C23H30N8O2/c1-14-7-15(11-29(10-14)16-9-25-30(12-16)13-23(2,3)32)20-27-21-18-6-5-17(33-4)8-19(18)26-22(24)31(21)28-20/h5-6,8-9,12,14-15,32H,7,10-11,13H2,1-4H3,(H2,24,26)/t14-,15+/m1/s1. The fourth-order valence-electron chi connectivity index (χ4n) is 4.67. The summed E-state index contributed by atoms with van der Waals surface area (Å²) in [6.07, 6.45) is 4.85. The molecule has 33 heavy (non-hydrogen) atoms. The maximum Gasteiger partial charge on any atom is 0.223 e. The molecular weight excluding hydrogens is 420 g/mol. The molecule has 1 aliphatic heterocycles. The number of nitrogens with zero attached hydrogens (tertiary/aromatic N) is 7. The molecule has 174 valence electrons. The Morgan fingerprint density at radius 2 is 2.06 bits per heavy atom. The van der Waals surface area contributed by atoms with Crippen molar-refractivity contribution in [3.63, 3.8) is 0 Å². The summed E-state index contributed by atoms with van der Waals surface area (Å²) in [5, 5.41) is 20.2. The predicted octanol–water partition coefficient (Wildman–Crippen LogP) is 2.47. The van der Waals surface area contributed by atoms with Gasteiger partial charge in [0.2, 0.25) is 5.95 Å². The third-order valence-electron chi connectivity index (χ3n) is 6.08. The van der Waals surface area contributed by atoms with Gasteiger partial charge in [0.1, 0.15) is 5.75 Å². The zero-order valence-electron chi connectivity index (χ0n) is 19.4. The van der Waals surface area contributed by atoms with Gasteiger partial charge in [-0.1, -0.05) is 6.92 Å². The van der Waals surface area contributed by atoms with Crippen LogP contribution in [-0.2, 0) is 6.54 Å². The van der Waals surface area contributed by atoms with Crippen molar-refractivity contribution in [3.8, 4) is 5.75 Å². The van der Waals surface area contributed by atoms with Gasteiger partial charge in [-0.25, -0.2) is 9.97 Å². The Morgan fingerprint density at radius 1 is 1.24 bits per heavy atom. The van der Waals surface area contributed by atoms with Crippen LogP contribution in [0.3, 0.4) is 0 Å². The van der Waals surface area contributed by atoms with E-state index in [4.69, 9.17) is 20.6 Å². The van der Waals surface area contributed by atoms with Gasteiger partial charge in [0.25, 0.3) is 0 Å². The first kappa shape index (κ1) is 21.4. The summed E-state index contributed by atoms with van der Waals surface area (Å²) in [7, 11) is 1.63. The molecule has 0 bridgehead atoms. The second-order valence-electron chi connectivity index (χ2n) is 9.71. The largest absolute Gasteiger partial charge is 0.497 e. The highest BCUT2D eigenvalue weighted by Crippen LogP contribution is 2.33. The van der Waals surface area contributed by atoms with Gasteiger partial charge in [0, 0.05) is 36.7 Å². The second-order valence-corrected chi connectivity index (χ2v) is 9.71. The molecule has 4 aromatic rings. The first-order chi connectivity index (χ1) is 15.7. The van der Waals surface area contributed by atoms with E-state index in [0.29, 0.717) is 24.1 Å². The summed E-state index contributed by atoms with van der Waals surface area (Å²) >= 11 is 0. The second kappa shape index (κ2) is 7.87. The topological polar surface area (TPSA) is 120 Å². The van der Waals surface area contributed by atoms with E-state index in [2.05, 4.69) is 21.9 Å². The third-order valence-corrected chi connectivity index (χ3v) is 6.08. The van der Waals surface area contributed by atoms with E-state index in [1.54, 1.807) is 30.2 Å². The lowest BCUT2D eigenvalue weighted by atomic mass is 9.90. The molecule has 1 aromatic carbocycles. The minimum Gasteiger partial charge on any atom is -0.497 e. The predicted molar refractivity (Wildman–Crippen MR) is 127 cm³/mol. The van der Waals surface area contributed by atoms with E-state index in [-0.39, 0.29) is 5.92 Å². The maximum absolute atomic E-state index is 10.1. The highest BCUT2D eigenvalue weighted by Gasteiger charge is 2.30. The number of aliphatic hydroxyl groups is 1. The van der Waals surface area contributed by atoms with Crippen molar-refractivity contribution in [1.82, 2.24) is 29.4 Å². The molecule has 10 heteroatoms. The van der Waals surface area contributed by atoms with Crippen LogP contribution in [0.1, 0.15) is 38.9 Å². The molecule has 4 heterocycles. The number of aromatic nitrogens is 6. The van der Waals surface area contributed by atoms with Crippen LogP contribution in [0.5, 0.6) is 5.75 Å². The number of methoxy groups -OCH3 is 1. The Hall–Kier alpha value is -3.40. The molecule has 0 spiro atoms. The lowest BCUT2D eigenvalue weighted by molar-refractivity contribution is 0.0577. The number of nitrogens with two attached hydrogens (primary N) is 1. The number of piperidine rings is 1. The van der Waals surface area contributed by atoms with Gasteiger partial charge < -0.3 is 20.5 Å². The number of anilines is 2. The van der Waals surface area contributed by atoms with Crippen LogP contribution >= 0.6 is 0 Å². The van der Waals surface area contributed by atoms with Crippen molar-refractivity contribution in [2.24, 2.45) is 5.92 Å². The lowest BCUT2D eigenvalue weighted by Crippen LogP contribution is -2.39. The van der Waals surface area contributed by atoms with E-state index < -0.39 is 5.60 Å². The van der Waals surface area contributed by atoms with Crippen molar-refractivity contribution < 1.29 is 9.84 Å². The average Bonchev–Trinajstić information content (AvgIpc) is 3.40. The van der Waals surface area contributed by atoms with Gasteiger partial charge in [-0.2, -0.15) is 9.61 Å². The molecule has 1 fully saturated rings. The Morgan fingerprint density at radius 3 is 2.82 bits per heavy atom. The quantitative estimate of drug-likeness (QED) is 0.476. The van der Waals surface area contributed by atoms with Crippen LogP contribution in [0.25, 0.3) is 16.6 Å². The molecule has 10 nitrogen and oxygen atoms in total. The number of nitrogen functional groups attached to an aromatic ring is 1. The molecule has 2 atom stereocenters. The number of fused-ring (bicyclic) bond motifs is 3. The summed E-state index contributed by atoms with van der Waals surface area (Å²) in [5.74, 6) is 2.41. The lowest BCUT2D eigenvalue weighted by Gasteiger charge is -2.36. The highest BCUT2D eigenvalue weighted by atomic mass is 16.5. The van der Waals surface area contributed by atoms with Gasteiger partial charge in [-0.3, -0.25) is 4.68 Å². The zero-order chi connectivity index (χ0) is 23.3. The summed E-state index contributed by atoms with van der Waals surface area (Å²) < 4.78 is 8.74. The minimum absolute atomic E-state index is 0.152. The normalized spacial score (nSPS) is 19.5. The van der Waals surface area contributed by atoms with E-state index in [0.717, 1.165) is 47.7 Å². The molecular formula is C23H30N8O2. The molecule has 0 amide bonds. The maximum atomic E-state index is 10.1. The van der Waals surface area contributed by atoms with E-state index in [9.17, 15) is 5.11 Å². The summed E-state index contributed by atoms with van der Waals surface area (Å²) in [4.78, 5) is 11.7. The number of benzene rings is 1. The SMILES string of the molecule is COc1ccc2c(c1)nc(N)n1nc([C@H]3C[C@@H](C)CN(c4cnn(CC(C)(C)O)c4)C3)nc21. The van der Waals surface area contributed by atoms with Crippen molar-refractivity contribution in [2.75, 3.05) is 30.8 Å². The Labute approximate surface area is 192 Å². The van der Waals surface area contributed by atoms with Gasteiger partial charge in [0.15, 0.2) is 11.5 Å². The minimum atomic E-state index is -0.817. The highest BCUT2D eigenvalue weighted by molar-refractivity contribution is 5.93. The average molecular weight is 451 g/mol. The van der Waals surface area contributed by atoms with Crippen LogP contribution in [-0.4, -0.2) is 60.3 Å². The number of hydrogen-bond acceptors (Lipinski definition) is 8. The first-order valence-electron chi connectivity index (χ1n) is 11.2. The van der Waals surface area contributed by atoms with Gasteiger partial charge in [-0.15, -0.1) is 5.10 Å².